The van der Waals surface area contributed by atoms with Crippen molar-refractivity contribution in [2.75, 3.05) is 5.73 Å². The number of nitriles is 1. The molecule has 0 bridgehead atoms. The maximum Gasteiger partial charge on any atom is 0.270 e. The van der Waals surface area contributed by atoms with Crippen molar-refractivity contribution in [2.45, 2.75) is 32.6 Å². The number of fused-ring (bicyclic) bond motifs is 1. The number of anilines is 1. The van der Waals surface area contributed by atoms with Gasteiger partial charge in [0.2, 0.25) is 0 Å². The third-order valence-corrected chi connectivity index (χ3v) is 4.73. The lowest BCUT2D eigenvalue weighted by Crippen LogP contribution is -2.18. The second-order valence-electron chi connectivity index (χ2n) is 6.11. The summed E-state index contributed by atoms with van der Waals surface area (Å²) < 4.78 is 0. The number of aryl methyl sites for hydroxylation is 1. The Hall–Kier alpha value is -2.94. The summed E-state index contributed by atoms with van der Waals surface area (Å²) in [5.41, 5.74) is 9.60. The molecule has 1 aliphatic rings. The third kappa shape index (κ3) is 2.69. The Morgan fingerprint density at radius 2 is 2.29 bits per heavy atom. The van der Waals surface area contributed by atoms with Gasteiger partial charge in [0.05, 0.1) is 4.92 Å². The Morgan fingerprint density at radius 3 is 2.96 bits per heavy atom. The number of benzene rings is 1. The van der Waals surface area contributed by atoms with Crippen LogP contribution in [0.2, 0.25) is 0 Å². The Balaban J connectivity index is 2.26. The first-order valence-corrected chi connectivity index (χ1v) is 8.01. The predicted octanol–water partition coefficient (Wildman–Crippen LogP) is 3.63. The van der Waals surface area contributed by atoms with Crippen molar-refractivity contribution < 1.29 is 4.92 Å². The number of nitrogens with two attached hydrogens (primary N) is 1. The highest BCUT2D eigenvalue weighted by molar-refractivity contribution is 5.80. The van der Waals surface area contributed by atoms with Gasteiger partial charge in [-0.15, -0.1) is 0 Å². The van der Waals surface area contributed by atoms with Gasteiger partial charge in [-0.3, -0.25) is 10.1 Å². The summed E-state index contributed by atoms with van der Waals surface area (Å²) in [7, 11) is 0. The smallest absolute Gasteiger partial charge is 0.270 e. The summed E-state index contributed by atoms with van der Waals surface area (Å²) >= 11 is 0. The largest absolute Gasteiger partial charge is 0.383 e. The summed E-state index contributed by atoms with van der Waals surface area (Å²) in [5, 5.41) is 20.7. The van der Waals surface area contributed by atoms with Gasteiger partial charge in [0.15, 0.2) is 0 Å². The van der Waals surface area contributed by atoms with E-state index in [0.29, 0.717) is 22.6 Å². The number of aromatic nitrogens is 1. The molecule has 3 rings (SSSR count). The van der Waals surface area contributed by atoms with Crippen LogP contribution in [0.25, 0.3) is 11.1 Å². The minimum absolute atomic E-state index is 0.00312. The van der Waals surface area contributed by atoms with Crippen molar-refractivity contribution in [2.24, 2.45) is 5.92 Å². The molecule has 1 heterocycles. The molecular weight excluding hydrogens is 304 g/mol. The van der Waals surface area contributed by atoms with Crippen LogP contribution < -0.4 is 5.73 Å². The summed E-state index contributed by atoms with van der Waals surface area (Å²) in [6.45, 7) is 2.15. The van der Waals surface area contributed by atoms with Gasteiger partial charge >= 0.3 is 0 Å². The van der Waals surface area contributed by atoms with E-state index in [0.717, 1.165) is 36.9 Å². The minimum atomic E-state index is -0.429. The molecule has 0 aliphatic heterocycles. The minimum Gasteiger partial charge on any atom is -0.383 e. The van der Waals surface area contributed by atoms with Gasteiger partial charge in [-0.05, 0) is 36.3 Å². The van der Waals surface area contributed by atoms with E-state index in [-0.39, 0.29) is 11.5 Å². The van der Waals surface area contributed by atoms with Crippen LogP contribution in [0.15, 0.2) is 24.3 Å². The fraction of sp³-hybridized carbons (Fsp3) is 0.333. The van der Waals surface area contributed by atoms with Crippen LogP contribution in [0.1, 0.15) is 36.6 Å². The number of pyridine rings is 1. The predicted molar refractivity (Wildman–Crippen MR) is 91.3 cm³/mol. The van der Waals surface area contributed by atoms with Crippen molar-refractivity contribution in [3.8, 4) is 17.2 Å². The Kier molecular flexibility index (Phi) is 4.17. The summed E-state index contributed by atoms with van der Waals surface area (Å²) in [5.74, 6) is 0.736. The van der Waals surface area contributed by atoms with Crippen LogP contribution in [0.3, 0.4) is 0 Å². The number of nitrogens with zero attached hydrogens (tertiary/aromatic N) is 3. The van der Waals surface area contributed by atoms with Crippen LogP contribution in [-0.4, -0.2) is 9.91 Å². The van der Waals surface area contributed by atoms with Crippen LogP contribution in [-0.2, 0) is 12.8 Å². The van der Waals surface area contributed by atoms with E-state index < -0.39 is 4.92 Å². The molecule has 24 heavy (non-hydrogen) atoms. The van der Waals surface area contributed by atoms with Crippen molar-refractivity contribution in [3.63, 3.8) is 0 Å². The molecule has 122 valence electrons. The third-order valence-electron chi connectivity index (χ3n) is 4.73. The van der Waals surface area contributed by atoms with Gasteiger partial charge in [0.25, 0.3) is 5.69 Å². The average Bonchev–Trinajstić information content (AvgIpc) is 2.60. The normalized spacial score (nSPS) is 16.2. The topological polar surface area (TPSA) is 106 Å². The second kappa shape index (κ2) is 6.28. The Labute approximate surface area is 140 Å². The van der Waals surface area contributed by atoms with E-state index in [1.165, 1.54) is 12.1 Å². The number of nitrogen functional groups attached to an aromatic ring is 1. The number of rotatable bonds is 3. The van der Waals surface area contributed by atoms with E-state index in [1.807, 2.05) is 0 Å². The fourth-order valence-electron chi connectivity index (χ4n) is 3.41. The van der Waals surface area contributed by atoms with Crippen LogP contribution in [0.5, 0.6) is 0 Å². The van der Waals surface area contributed by atoms with E-state index >= 15 is 0 Å². The first-order valence-electron chi connectivity index (χ1n) is 8.01. The second-order valence-corrected chi connectivity index (χ2v) is 6.11. The highest BCUT2D eigenvalue weighted by Gasteiger charge is 2.26. The molecule has 1 atom stereocenters. The van der Waals surface area contributed by atoms with E-state index in [4.69, 9.17) is 5.73 Å². The van der Waals surface area contributed by atoms with Gasteiger partial charge in [0.1, 0.15) is 17.5 Å². The molecular formula is C18H18N4O2. The molecule has 2 N–H and O–H groups in total. The highest BCUT2D eigenvalue weighted by Crippen LogP contribution is 2.38. The molecule has 6 nitrogen and oxygen atoms in total. The fourth-order valence-corrected chi connectivity index (χ4v) is 3.41. The average molecular weight is 322 g/mol. The number of non-ortho nitro benzene ring substituents is 1. The SMILES string of the molecule is CCC1CCc2nc(N)c(C#N)c(-c3cccc([N+](=O)[O-])c3)c2C1. The summed E-state index contributed by atoms with van der Waals surface area (Å²) in [6, 6.07) is 8.51. The lowest BCUT2D eigenvalue weighted by atomic mass is 9.80. The lowest BCUT2D eigenvalue weighted by Gasteiger charge is -2.26. The monoisotopic (exact) mass is 322 g/mol. The number of hydrogen-bond acceptors (Lipinski definition) is 5. The Bertz CT molecular complexity index is 855. The quantitative estimate of drug-likeness (QED) is 0.686. The maximum absolute atomic E-state index is 11.1. The molecule has 6 heteroatoms. The molecule has 1 unspecified atom stereocenters. The molecule has 0 saturated heterocycles. The first kappa shape index (κ1) is 15.9. The zero-order valence-electron chi connectivity index (χ0n) is 13.5. The number of hydrogen-bond donors (Lipinski definition) is 1. The molecule has 0 radical (unpaired) electrons. The van der Waals surface area contributed by atoms with Crippen molar-refractivity contribution in [1.29, 1.82) is 5.26 Å². The van der Waals surface area contributed by atoms with Gasteiger partial charge < -0.3 is 5.73 Å². The Morgan fingerprint density at radius 1 is 1.50 bits per heavy atom. The van der Waals surface area contributed by atoms with Gasteiger partial charge in [-0.2, -0.15) is 5.26 Å². The number of nitro groups is 1. The zero-order valence-corrected chi connectivity index (χ0v) is 13.5. The molecule has 0 spiro atoms. The van der Waals surface area contributed by atoms with Crippen molar-refractivity contribution >= 4 is 11.5 Å². The molecule has 1 aliphatic carbocycles. The van der Waals surface area contributed by atoms with Gasteiger partial charge in [0, 0.05) is 23.4 Å². The van der Waals surface area contributed by atoms with Crippen LogP contribution >= 0.6 is 0 Å². The first-order chi connectivity index (χ1) is 11.5. The lowest BCUT2D eigenvalue weighted by molar-refractivity contribution is -0.384. The van der Waals surface area contributed by atoms with E-state index in [2.05, 4.69) is 18.0 Å². The molecule has 2 aromatic rings. The van der Waals surface area contributed by atoms with Gasteiger partial charge in [-0.1, -0.05) is 25.5 Å². The van der Waals surface area contributed by atoms with E-state index in [9.17, 15) is 15.4 Å². The molecule has 1 aromatic carbocycles. The molecule has 1 aromatic heterocycles. The highest BCUT2D eigenvalue weighted by atomic mass is 16.6. The van der Waals surface area contributed by atoms with Crippen LogP contribution in [0, 0.1) is 27.4 Å². The van der Waals surface area contributed by atoms with E-state index in [1.54, 1.807) is 12.1 Å². The summed E-state index contributed by atoms with van der Waals surface area (Å²) in [6.07, 6.45) is 3.76. The van der Waals surface area contributed by atoms with Crippen LogP contribution in [0.4, 0.5) is 11.5 Å². The summed E-state index contributed by atoms with van der Waals surface area (Å²) in [4.78, 5) is 15.1. The standard InChI is InChI=1S/C18H18N4O2/c1-2-11-6-7-16-14(8-11)17(15(10-19)18(20)21-16)12-4-3-5-13(9-12)22(23)24/h3-5,9,11H,2,6-8H2,1H3,(H2,20,21). The molecule has 0 saturated carbocycles. The number of nitro benzene ring substituents is 1. The maximum atomic E-state index is 11.1. The molecule has 0 amide bonds. The van der Waals surface area contributed by atoms with Crippen molar-refractivity contribution in [1.82, 2.24) is 4.98 Å². The van der Waals surface area contributed by atoms with Gasteiger partial charge in [-0.25, -0.2) is 4.98 Å². The zero-order chi connectivity index (χ0) is 17.3. The molecule has 0 fully saturated rings. The van der Waals surface area contributed by atoms with Crippen molar-refractivity contribution in [3.05, 3.63) is 51.2 Å².